The van der Waals surface area contributed by atoms with E-state index in [-0.39, 0.29) is 48.2 Å². The maximum Gasteiger partial charge on any atom is 0.274 e. The van der Waals surface area contributed by atoms with E-state index in [1.807, 2.05) is 6.92 Å². The Bertz CT molecular complexity index is 1910. The standard InChI is InChI=1S/C31H54N7O18P3S/c1-5-6-7-8-9-18(2)22(40)30(44)60-13-12-33-20(39)10-11-34-28(43)25(42)31(3,4)15-53-59(50,51)56-58(48,49)52-14-19-24(55-57(45,46)47)23(41)29(54-19)38-17-37-21-26(32)35-16-36-27(21)38/h16-19,22-25,29,40-42H,5-15H2,1-4H3,(H,33,39)(H,34,43)(H,48,49)(H,50,51)(H2,32,35,36)(H2,45,46,47)/p-4/t18?,19-,22?,23-,24-,25+,29-/m1/s1. The Labute approximate surface area is 348 Å². The van der Waals surface area contributed by atoms with Crippen molar-refractivity contribution in [2.24, 2.45) is 11.3 Å². The van der Waals surface area contributed by atoms with Crippen molar-refractivity contribution in [2.45, 2.75) is 103 Å². The van der Waals surface area contributed by atoms with Crippen LogP contribution in [0.5, 0.6) is 0 Å². The summed E-state index contributed by atoms with van der Waals surface area (Å²) < 4.78 is 60.6. The highest BCUT2D eigenvalue weighted by Crippen LogP contribution is 2.56. The van der Waals surface area contributed by atoms with Crippen LogP contribution in [0.1, 0.15) is 72.4 Å². The number of anilines is 1. The number of imidazole rings is 1. The molecule has 1 aliphatic rings. The van der Waals surface area contributed by atoms with Gasteiger partial charge in [-0.2, -0.15) is 0 Å². The number of unbranched alkanes of at least 4 members (excludes halogenated alkanes) is 3. The summed E-state index contributed by atoms with van der Waals surface area (Å²) in [7, 11) is -17.6. The van der Waals surface area contributed by atoms with Gasteiger partial charge in [-0.3, -0.25) is 28.1 Å². The first kappa shape index (κ1) is 51.9. The molecule has 2 aromatic heterocycles. The second kappa shape index (κ2) is 22.7. The lowest BCUT2D eigenvalue weighted by Crippen LogP contribution is -2.46. The van der Waals surface area contributed by atoms with E-state index in [2.05, 4.69) is 50.4 Å². The molecule has 29 heteroatoms. The van der Waals surface area contributed by atoms with Gasteiger partial charge in [-0.15, -0.1) is 0 Å². The highest BCUT2D eigenvalue weighted by Gasteiger charge is 2.47. The maximum atomic E-state index is 12.6. The fourth-order valence-electron chi connectivity index (χ4n) is 5.63. The summed E-state index contributed by atoms with van der Waals surface area (Å²) >= 11 is 0.889. The molecule has 2 aromatic rings. The van der Waals surface area contributed by atoms with Crippen LogP contribution in [0.4, 0.5) is 5.82 Å². The number of carbonyl (C=O) groups is 3. The number of thioether (sulfide) groups is 1. The van der Waals surface area contributed by atoms with Crippen molar-refractivity contribution in [1.29, 1.82) is 0 Å². The molecule has 4 unspecified atom stereocenters. The van der Waals surface area contributed by atoms with E-state index in [4.69, 9.17) is 10.5 Å². The van der Waals surface area contributed by atoms with Crippen molar-refractivity contribution in [2.75, 3.05) is 37.8 Å². The van der Waals surface area contributed by atoms with Gasteiger partial charge in [0.1, 0.15) is 42.4 Å². The van der Waals surface area contributed by atoms with Gasteiger partial charge in [0.05, 0.1) is 27.4 Å². The van der Waals surface area contributed by atoms with Crippen molar-refractivity contribution < 1.29 is 85.6 Å². The van der Waals surface area contributed by atoms with Gasteiger partial charge in [0.25, 0.3) is 15.6 Å². The number of phosphoric acid groups is 3. The lowest BCUT2D eigenvalue weighted by atomic mass is 9.87. The smallest absolute Gasteiger partial charge is 0.274 e. The summed E-state index contributed by atoms with van der Waals surface area (Å²) in [6.07, 6.45) is -3.97. The predicted octanol–water partition coefficient (Wildman–Crippen LogP) is -1.90. The molecule has 0 radical (unpaired) electrons. The van der Waals surface area contributed by atoms with Gasteiger partial charge in [0.15, 0.2) is 17.7 Å². The Morgan fingerprint density at radius 2 is 1.72 bits per heavy atom. The molecule has 0 spiro atoms. The number of carbonyl (C=O) groups excluding carboxylic acids is 3. The average molecular weight is 934 g/mol. The number of rotatable bonds is 26. The topological polar surface area (TPSA) is 395 Å². The minimum absolute atomic E-state index is 0.0255. The number of aliphatic hydroxyl groups excluding tert-OH is 3. The molecule has 1 saturated heterocycles. The second-order valence-electron chi connectivity index (χ2n) is 14.4. The first-order valence-corrected chi connectivity index (χ1v) is 23.9. The van der Waals surface area contributed by atoms with E-state index >= 15 is 0 Å². The predicted molar refractivity (Wildman–Crippen MR) is 202 cm³/mol. The van der Waals surface area contributed by atoms with Gasteiger partial charge in [0, 0.05) is 30.7 Å². The van der Waals surface area contributed by atoms with Gasteiger partial charge in [-0.25, -0.2) is 19.3 Å². The van der Waals surface area contributed by atoms with Crippen LogP contribution in [-0.2, 0) is 50.7 Å². The molecule has 25 nitrogen and oxygen atoms in total. The van der Waals surface area contributed by atoms with Crippen molar-refractivity contribution in [3.8, 4) is 0 Å². The molecule has 7 N–H and O–H groups in total. The van der Waals surface area contributed by atoms with E-state index in [0.717, 1.165) is 61.1 Å². The Kier molecular flexibility index (Phi) is 19.7. The molecule has 2 amide bonds. The molecule has 3 heterocycles. The van der Waals surface area contributed by atoms with Gasteiger partial charge in [-0.05, 0) is 12.3 Å². The molecule has 0 saturated carbocycles. The molecular weight excluding hydrogens is 883 g/mol. The third-order valence-corrected chi connectivity index (χ3v) is 13.0. The Morgan fingerprint density at radius 1 is 1.03 bits per heavy atom. The number of fused-ring (bicyclic) bond motifs is 1. The third kappa shape index (κ3) is 16.0. The minimum Gasteiger partial charge on any atom is -0.790 e. The van der Waals surface area contributed by atoms with Crippen LogP contribution >= 0.6 is 35.2 Å². The number of hydrogen-bond acceptors (Lipinski definition) is 23. The summed E-state index contributed by atoms with van der Waals surface area (Å²) in [5, 5.41) is 36.1. The Balaban J connectivity index is 1.44. The number of amides is 2. The molecular formula is C31H50N7O18P3S-4. The number of aromatic nitrogens is 4. The number of nitrogens with zero attached hydrogens (tertiary/aromatic N) is 4. The van der Waals surface area contributed by atoms with Gasteiger partial charge >= 0.3 is 0 Å². The largest absolute Gasteiger partial charge is 0.790 e. The number of nitrogen functional groups attached to an aromatic ring is 1. The van der Waals surface area contributed by atoms with E-state index in [1.54, 1.807) is 0 Å². The van der Waals surface area contributed by atoms with Crippen LogP contribution in [-0.4, -0.2) is 114 Å². The number of aliphatic hydroxyl groups is 3. The van der Waals surface area contributed by atoms with Crippen LogP contribution in [0.3, 0.4) is 0 Å². The summed E-state index contributed by atoms with van der Waals surface area (Å²) in [6, 6.07) is 0. The first-order valence-electron chi connectivity index (χ1n) is 18.5. The zero-order valence-corrected chi connectivity index (χ0v) is 36.6. The van der Waals surface area contributed by atoms with Crippen molar-refractivity contribution in [3.63, 3.8) is 0 Å². The van der Waals surface area contributed by atoms with Crippen molar-refractivity contribution in [3.05, 3.63) is 12.7 Å². The summed E-state index contributed by atoms with van der Waals surface area (Å²) in [5.74, 6) is -1.61. The SMILES string of the molecule is CCCCCCC(C)C(O)C(=O)SCCNC(=O)CCNC(=O)[C@H](O)C(C)(C)COP(=O)([O-])OP(=O)([O-])OC[C@H]1O[C@@H](n2cnc3c(N)ncnc32)[C@H](O)[C@@H]1OP(=O)([O-])[O-]. The number of ether oxygens (including phenoxy) is 1. The summed E-state index contributed by atoms with van der Waals surface area (Å²) in [5.41, 5.74) is 4.04. The molecule has 342 valence electrons. The monoisotopic (exact) mass is 933 g/mol. The van der Waals surface area contributed by atoms with E-state index < -0.39 is 95.8 Å². The average Bonchev–Trinajstić information content (AvgIpc) is 3.72. The molecule has 9 atom stereocenters. The van der Waals surface area contributed by atoms with E-state index in [1.165, 1.54) is 13.8 Å². The molecule has 1 aliphatic heterocycles. The first-order chi connectivity index (χ1) is 27.9. The fraction of sp³-hybridized carbons (Fsp3) is 0.742. The zero-order valence-electron chi connectivity index (χ0n) is 33.1. The highest BCUT2D eigenvalue weighted by molar-refractivity contribution is 8.13. The van der Waals surface area contributed by atoms with E-state index in [9.17, 15) is 63.0 Å². The maximum absolute atomic E-state index is 12.6. The Morgan fingerprint density at radius 3 is 2.38 bits per heavy atom. The summed E-state index contributed by atoms with van der Waals surface area (Å²) in [6.45, 7) is 3.83. The lowest BCUT2D eigenvalue weighted by molar-refractivity contribution is -0.347. The molecule has 0 bridgehead atoms. The zero-order chi connectivity index (χ0) is 45.1. The van der Waals surface area contributed by atoms with Crippen LogP contribution in [0.25, 0.3) is 11.2 Å². The van der Waals surface area contributed by atoms with Crippen molar-refractivity contribution in [1.82, 2.24) is 30.2 Å². The van der Waals surface area contributed by atoms with Gasteiger partial charge in [-0.1, -0.05) is 65.1 Å². The van der Waals surface area contributed by atoms with Crippen LogP contribution in [0, 0.1) is 11.3 Å². The van der Waals surface area contributed by atoms with Gasteiger partial charge < -0.3 is 74.1 Å². The quantitative estimate of drug-likeness (QED) is 0.0443. The van der Waals surface area contributed by atoms with Crippen molar-refractivity contribution >= 4 is 69.1 Å². The molecule has 1 fully saturated rings. The second-order valence-corrected chi connectivity index (χ2v) is 19.6. The lowest BCUT2D eigenvalue weighted by Gasteiger charge is -2.36. The number of nitrogens with one attached hydrogen (secondary N) is 2. The van der Waals surface area contributed by atoms with Crippen LogP contribution < -0.4 is 35.9 Å². The van der Waals surface area contributed by atoms with Crippen LogP contribution in [0.2, 0.25) is 0 Å². The minimum atomic E-state index is -5.93. The van der Waals surface area contributed by atoms with Gasteiger partial charge in [0.2, 0.25) is 16.9 Å². The number of hydrogen-bond donors (Lipinski definition) is 6. The molecule has 3 rings (SSSR count). The number of phosphoric ester groups is 3. The fourth-order valence-corrected chi connectivity index (χ4v) is 9.17. The highest BCUT2D eigenvalue weighted by atomic mass is 32.2. The molecule has 60 heavy (non-hydrogen) atoms. The van der Waals surface area contributed by atoms with E-state index in [0.29, 0.717) is 0 Å². The Hall–Kier alpha value is -2.48. The third-order valence-electron chi connectivity index (χ3n) is 9.01. The summed E-state index contributed by atoms with van der Waals surface area (Å²) in [4.78, 5) is 96.6. The molecule has 0 aliphatic carbocycles. The van der Waals surface area contributed by atoms with Crippen LogP contribution in [0.15, 0.2) is 12.7 Å². The normalized spacial score (nSPS) is 22.1. The molecule has 0 aromatic carbocycles. The number of nitrogens with two attached hydrogens (primary N) is 1.